The van der Waals surface area contributed by atoms with Crippen molar-refractivity contribution >= 4 is 17.7 Å². The Morgan fingerprint density at radius 2 is 2.21 bits per heavy atom. The highest BCUT2D eigenvalue weighted by molar-refractivity contribution is 7.99. The number of carboxylic acids is 1. The molecule has 1 N–H and O–H groups in total. The lowest BCUT2D eigenvalue weighted by atomic mass is 10.1. The summed E-state index contributed by atoms with van der Waals surface area (Å²) in [4.78, 5) is 14.8. The fourth-order valence-corrected chi connectivity index (χ4v) is 2.58. The van der Waals surface area contributed by atoms with Crippen LogP contribution in [0.15, 0.2) is 35.7 Å². The first-order valence-corrected chi connectivity index (χ1v) is 6.43. The van der Waals surface area contributed by atoms with Crippen LogP contribution in [0.25, 0.3) is 0 Å². The molecule has 0 aliphatic rings. The summed E-state index contributed by atoms with van der Waals surface area (Å²) in [6.45, 7) is 0. The molecule has 0 aliphatic heterocycles. The summed E-state index contributed by atoms with van der Waals surface area (Å²) in [6, 6.07) is 7.24. The van der Waals surface area contributed by atoms with E-state index in [1.807, 2.05) is 12.1 Å². The highest BCUT2D eigenvalue weighted by Crippen LogP contribution is 2.36. The van der Waals surface area contributed by atoms with E-state index in [2.05, 4.69) is 15.2 Å². The third-order valence-corrected chi connectivity index (χ3v) is 3.63. The van der Waals surface area contributed by atoms with Gasteiger partial charge in [0.05, 0.1) is 7.11 Å². The van der Waals surface area contributed by atoms with Crippen LogP contribution in [0.1, 0.15) is 17.2 Å². The molecule has 0 radical (unpaired) electrons. The number of ether oxygens (including phenoxy) is 1. The van der Waals surface area contributed by atoms with Crippen LogP contribution in [-0.2, 0) is 4.79 Å². The Morgan fingerprint density at radius 3 is 2.74 bits per heavy atom. The molecule has 0 bridgehead atoms. The van der Waals surface area contributed by atoms with Gasteiger partial charge in [-0.15, -0.1) is 0 Å². The normalized spacial score (nSPS) is 12.1. The first kappa shape index (κ1) is 13.4. The van der Waals surface area contributed by atoms with E-state index in [1.165, 1.54) is 18.1 Å². The van der Waals surface area contributed by atoms with Crippen molar-refractivity contribution in [3.63, 3.8) is 0 Å². The Labute approximate surface area is 114 Å². The largest absolute Gasteiger partial charge is 0.550 e. The number of methoxy groups -OCH3 is 1. The molecule has 0 fully saturated rings. The standard InChI is InChI=1S/C12H13N3O3S/c1-18-9-4-2-8(3-5-9)10(6-11(16)17)19-12-13-7-14-15-12/h2-5,7,10H,6H2,1H3,(H,16,17)(H,13,14,15)/p-1/t10-/m1/s1. The number of benzene rings is 1. The number of hydrogen-bond acceptors (Lipinski definition) is 6. The van der Waals surface area contributed by atoms with Crippen molar-refractivity contribution in [1.29, 1.82) is 0 Å². The molecule has 1 aromatic carbocycles. The van der Waals surface area contributed by atoms with Crippen molar-refractivity contribution in [1.82, 2.24) is 15.2 Å². The number of hydrogen-bond donors (Lipinski definition) is 1. The number of aliphatic carboxylic acids is 1. The summed E-state index contributed by atoms with van der Waals surface area (Å²) in [6.07, 6.45) is 1.28. The molecular weight excluding hydrogens is 266 g/mol. The zero-order valence-electron chi connectivity index (χ0n) is 10.2. The van der Waals surface area contributed by atoms with E-state index < -0.39 is 5.97 Å². The predicted octanol–water partition coefficient (Wildman–Crippen LogP) is 0.787. The summed E-state index contributed by atoms with van der Waals surface area (Å²) in [5.74, 6) is -0.381. The summed E-state index contributed by atoms with van der Waals surface area (Å²) >= 11 is 1.30. The Bertz CT molecular complexity index is 528. The number of carbonyl (C=O) groups is 1. The second kappa shape index (κ2) is 6.24. The van der Waals surface area contributed by atoms with Crippen LogP contribution >= 0.6 is 11.8 Å². The van der Waals surface area contributed by atoms with Gasteiger partial charge in [0.2, 0.25) is 0 Å². The number of aromatic nitrogens is 3. The Hall–Kier alpha value is -2.02. The third-order valence-electron chi connectivity index (χ3n) is 2.49. The SMILES string of the molecule is COc1ccc([C@@H](CC(=O)[O-])Sc2ncn[nH]2)cc1. The van der Waals surface area contributed by atoms with Crippen LogP contribution in [0.2, 0.25) is 0 Å². The van der Waals surface area contributed by atoms with Gasteiger partial charge in [0.1, 0.15) is 12.1 Å². The Balaban J connectivity index is 2.17. The average Bonchev–Trinajstić information content (AvgIpc) is 2.90. The zero-order valence-corrected chi connectivity index (χ0v) is 11.0. The van der Waals surface area contributed by atoms with Crippen LogP contribution in [0.5, 0.6) is 5.75 Å². The smallest absolute Gasteiger partial charge is 0.183 e. The van der Waals surface area contributed by atoms with Crippen molar-refractivity contribution in [2.24, 2.45) is 0 Å². The summed E-state index contributed by atoms with van der Waals surface area (Å²) in [5.41, 5.74) is 0.867. The molecule has 1 atom stereocenters. The molecule has 2 rings (SSSR count). The third kappa shape index (κ3) is 3.72. The molecule has 2 aromatic rings. The molecule has 1 heterocycles. The monoisotopic (exact) mass is 278 g/mol. The summed E-state index contributed by atoms with van der Waals surface area (Å²) in [7, 11) is 1.58. The van der Waals surface area contributed by atoms with Crippen molar-refractivity contribution in [3.8, 4) is 5.75 Å². The number of H-pyrrole nitrogens is 1. The van der Waals surface area contributed by atoms with Gasteiger partial charge in [-0.3, -0.25) is 5.10 Å². The second-order valence-corrected chi connectivity index (χ2v) is 4.94. The molecule has 0 spiro atoms. The average molecular weight is 278 g/mol. The van der Waals surface area contributed by atoms with Gasteiger partial charge >= 0.3 is 0 Å². The number of thioether (sulfide) groups is 1. The molecule has 0 unspecified atom stereocenters. The van der Waals surface area contributed by atoms with E-state index >= 15 is 0 Å². The lowest BCUT2D eigenvalue weighted by Crippen LogP contribution is -2.23. The number of nitrogens with zero attached hydrogens (tertiary/aromatic N) is 2. The molecule has 0 saturated heterocycles. The number of carbonyl (C=O) groups excluding carboxylic acids is 1. The fourth-order valence-electron chi connectivity index (χ4n) is 1.58. The number of aromatic amines is 1. The quantitative estimate of drug-likeness (QED) is 0.785. The van der Waals surface area contributed by atoms with Crippen molar-refractivity contribution in [2.45, 2.75) is 16.8 Å². The molecule has 0 saturated carbocycles. The van der Waals surface area contributed by atoms with Gasteiger partial charge in [-0.1, -0.05) is 23.9 Å². The van der Waals surface area contributed by atoms with E-state index in [-0.39, 0.29) is 11.7 Å². The maximum atomic E-state index is 10.8. The van der Waals surface area contributed by atoms with Gasteiger partial charge in [0.15, 0.2) is 5.16 Å². The van der Waals surface area contributed by atoms with Crippen molar-refractivity contribution in [2.75, 3.05) is 7.11 Å². The summed E-state index contributed by atoms with van der Waals surface area (Å²) < 4.78 is 5.07. The van der Waals surface area contributed by atoms with E-state index in [0.29, 0.717) is 5.16 Å². The van der Waals surface area contributed by atoms with Gasteiger partial charge in [0, 0.05) is 17.6 Å². The number of carboxylic acid groups (broad SMARTS) is 1. The van der Waals surface area contributed by atoms with E-state index in [9.17, 15) is 9.90 Å². The highest BCUT2D eigenvalue weighted by Gasteiger charge is 2.15. The highest BCUT2D eigenvalue weighted by atomic mass is 32.2. The van der Waals surface area contributed by atoms with Crippen LogP contribution in [0.3, 0.4) is 0 Å². The predicted molar refractivity (Wildman–Crippen MR) is 67.6 cm³/mol. The van der Waals surface area contributed by atoms with Crippen molar-refractivity contribution in [3.05, 3.63) is 36.2 Å². The van der Waals surface area contributed by atoms with E-state index in [4.69, 9.17) is 4.74 Å². The molecule has 6 nitrogen and oxygen atoms in total. The minimum absolute atomic E-state index is 0.0995. The topological polar surface area (TPSA) is 90.9 Å². The van der Waals surface area contributed by atoms with Crippen LogP contribution in [0, 0.1) is 0 Å². The summed E-state index contributed by atoms with van der Waals surface area (Å²) in [5, 5.41) is 17.6. The molecule has 19 heavy (non-hydrogen) atoms. The Morgan fingerprint density at radius 1 is 1.47 bits per heavy atom. The maximum Gasteiger partial charge on any atom is 0.183 e. The van der Waals surface area contributed by atoms with Gasteiger partial charge < -0.3 is 14.6 Å². The molecular formula is C12H12N3O3S-. The lowest BCUT2D eigenvalue weighted by Gasteiger charge is -2.16. The molecule has 100 valence electrons. The van der Waals surface area contributed by atoms with Crippen LogP contribution in [0.4, 0.5) is 0 Å². The zero-order chi connectivity index (χ0) is 13.7. The Kier molecular flexibility index (Phi) is 4.40. The minimum atomic E-state index is -1.10. The van der Waals surface area contributed by atoms with Crippen molar-refractivity contribution < 1.29 is 14.6 Å². The molecule has 1 aromatic heterocycles. The second-order valence-electron chi connectivity index (χ2n) is 3.75. The van der Waals surface area contributed by atoms with Gasteiger partial charge in [-0.25, -0.2) is 4.98 Å². The van der Waals surface area contributed by atoms with Crippen LogP contribution < -0.4 is 9.84 Å². The van der Waals surface area contributed by atoms with E-state index in [1.54, 1.807) is 19.2 Å². The minimum Gasteiger partial charge on any atom is -0.550 e. The van der Waals surface area contributed by atoms with Gasteiger partial charge in [-0.05, 0) is 17.7 Å². The van der Waals surface area contributed by atoms with Gasteiger partial charge in [0.25, 0.3) is 0 Å². The first-order chi connectivity index (χ1) is 9.19. The number of nitrogens with one attached hydrogen (secondary N) is 1. The first-order valence-electron chi connectivity index (χ1n) is 5.55. The lowest BCUT2D eigenvalue weighted by molar-refractivity contribution is -0.305. The number of rotatable bonds is 6. The molecule has 0 aliphatic carbocycles. The fraction of sp³-hybridized carbons (Fsp3) is 0.250. The van der Waals surface area contributed by atoms with E-state index in [0.717, 1.165) is 11.3 Å². The molecule has 7 heteroatoms. The molecule has 0 amide bonds. The van der Waals surface area contributed by atoms with Crippen LogP contribution in [-0.4, -0.2) is 28.3 Å². The maximum absolute atomic E-state index is 10.8. The van der Waals surface area contributed by atoms with Gasteiger partial charge in [-0.2, -0.15) is 5.10 Å².